The molecule has 1 aliphatic heterocycles. The Kier molecular flexibility index (Phi) is 6.20. The van der Waals surface area contributed by atoms with Crippen LogP contribution in [-0.4, -0.2) is 55.8 Å². The second-order valence-electron chi connectivity index (χ2n) is 7.52. The molecule has 0 N–H and O–H groups in total. The van der Waals surface area contributed by atoms with Crippen molar-refractivity contribution >= 4 is 15.7 Å². The number of piperazine rings is 1. The summed E-state index contributed by atoms with van der Waals surface area (Å²) in [6, 6.07) is 15.9. The van der Waals surface area contributed by atoms with Gasteiger partial charge >= 0.3 is 0 Å². The first kappa shape index (κ1) is 20.6. The number of benzene rings is 2. The molecule has 0 spiro atoms. The molecule has 3 rings (SSSR count). The molecule has 2 atom stereocenters. The summed E-state index contributed by atoms with van der Waals surface area (Å²) in [4.78, 5) is 17.5. The van der Waals surface area contributed by atoms with Crippen LogP contribution in [0.1, 0.15) is 36.7 Å². The molecule has 0 saturated carbocycles. The van der Waals surface area contributed by atoms with Crippen LogP contribution in [0.4, 0.5) is 0 Å². The second kappa shape index (κ2) is 8.45. The van der Waals surface area contributed by atoms with Crippen molar-refractivity contribution in [3.63, 3.8) is 0 Å². The van der Waals surface area contributed by atoms with Crippen molar-refractivity contribution in [3.8, 4) is 0 Å². The lowest BCUT2D eigenvalue weighted by Crippen LogP contribution is -2.57. The number of hydrogen-bond acceptors (Lipinski definition) is 4. The number of likely N-dealkylation sites (N-methyl/N-ethyl adjacent to an activating group) is 1. The Morgan fingerprint density at radius 3 is 2.39 bits per heavy atom. The molecule has 6 heteroatoms. The minimum atomic E-state index is -3.52. The highest BCUT2D eigenvalue weighted by Gasteiger charge is 2.32. The van der Waals surface area contributed by atoms with E-state index in [1.165, 1.54) is 6.07 Å². The lowest BCUT2D eigenvalue weighted by Gasteiger charge is -2.43. The van der Waals surface area contributed by atoms with Crippen molar-refractivity contribution in [2.24, 2.45) is 0 Å². The molecule has 0 aliphatic carbocycles. The fourth-order valence-corrected chi connectivity index (χ4v) is 5.18. The molecule has 1 saturated heterocycles. The summed E-state index contributed by atoms with van der Waals surface area (Å²) in [6.07, 6.45) is 0. The van der Waals surface area contributed by atoms with E-state index in [0.717, 1.165) is 18.7 Å². The average molecular weight is 401 g/mol. The molecule has 0 radical (unpaired) electrons. The minimum Gasteiger partial charge on any atom is -0.333 e. The number of carbonyl (C=O) groups excluding carboxylic acids is 1. The van der Waals surface area contributed by atoms with Gasteiger partial charge in [-0.25, -0.2) is 8.42 Å². The lowest BCUT2D eigenvalue weighted by molar-refractivity contribution is 0.0335. The molecule has 0 unspecified atom stereocenters. The number of carbonyl (C=O) groups is 1. The smallest absolute Gasteiger partial charge is 0.254 e. The summed E-state index contributed by atoms with van der Waals surface area (Å²) in [5.41, 5.74) is 1.16. The summed E-state index contributed by atoms with van der Waals surface area (Å²) in [5, 5.41) is 0. The minimum absolute atomic E-state index is 0.0753. The van der Waals surface area contributed by atoms with Gasteiger partial charge in [0.25, 0.3) is 5.91 Å². The maximum atomic E-state index is 13.1. The van der Waals surface area contributed by atoms with Crippen LogP contribution in [0.3, 0.4) is 0 Å². The third kappa shape index (κ3) is 4.45. The predicted octanol–water partition coefficient (Wildman–Crippen LogP) is 3.22. The van der Waals surface area contributed by atoms with Crippen LogP contribution >= 0.6 is 0 Å². The fourth-order valence-electron chi connectivity index (χ4n) is 3.79. The van der Waals surface area contributed by atoms with Crippen LogP contribution in [0.15, 0.2) is 59.5 Å². The molecule has 2 aromatic rings. The Bertz CT molecular complexity index is 928. The molecular formula is C22H28N2O3S. The lowest BCUT2D eigenvalue weighted by atomic mass is 10.1. The average Bonchev–Trinajstić information content (AvgIpc) is 2.69. The van der Waals surface area contributed by atoms with Crippen LogP contribution in [0.2, 0.25) is 0 Å². The van der Waals surface area contributed by atoms with E-state index in [2.05, 4.69) is 18.7 Å². The number of hydrogen-bond donors (Lipinski definition) is 0. The normalized spacial score (nSPS) is 20.9. The SMILES string of the molecule is CCN1C[C@@H](C)N(C(=O)c2cccc(S(=O)(=O)Cc3ccccc3)c2)C[C@H]1C. The van der Waals surface area contributed by atoms with Gasteiger partial charge in [0, 0.05) is 30.7 Å². The first-order valence-electron chi connectivity index (χ1n) is 9.73. The maximum absolute atomic E-state index is 13.1. The van der Waals surface area contributed by atoms with E-state index >= 15 is 0 Å². The van der Waals surface area contributed by atoms with Crippen LogP contribution in [0.25, 0.3) is 0 Å². The predicted molar refractivity (Wildman–Crippen MR) is 111 cm³/mol. The summed E-state index contributed by atoms with van der Waals surface area (Å²) in [7, 11) is -3.52. The number of rotatable bonds is 5. The zero-order valence-corrected chi connectivity index (χ0v) is 17.5. The maximum Gasteiger partial charge on any atom is 0.254 e. The zero-order chi connectivity index (χ0) is 20.3. The topological polar surface area (TPSA) is 57.7 Å². The van der Waals surface area contributed by atoms with Gasteiger partial charge in [-0.3, -0.25) is 9.69 Å². The molecule has 0 aromatic heterocycles. The van der Waals surface area contributed by atoms with E-state index in [4.69, 9.17) is 0 Å². The van der Waals surface area contributed by atoms with Gasteiger partial charge in [0.2, 0.25) is 0 Å². The van der Waals surface area contributed by atoms with Gasteiger partial charge in [0.1, 0.15) is 0 Å². The van der Waals surface area contributed by atoms with E-state index in [1.54, 1.807) is 30.3 Å². The molecule has 1 amide bonds. The Morgan fingerprint density at radius 2 is 1.71 bits per heavy atom. The first-order chi connectivity index (χ1) is 13.3. The van der Waals surface area contributed by atoms with Gasteiger partial charge in [-0.2, -0.15) is 0 Å². The Balaban J connectivity index is 1.82. The molecule has 150 valence electrons. The van der Waals surface area contributed by atoms with Crippen LogP contribution in [0.5, 0.6) is 0 Å². The molecule has 1 fully saturated rings. The monoisotopic (exact) mass is 400 g/mol. The van der Waals surface area contributed by atoms with Gasteiger partial charge in [-0.15, -0.1) is 0 Å². The number of nitrogens with zero attached hydrogens (tertiary/aromatic N) is 2. The second-order valence-corrected chi connectivity index (χ2v) is 9.51. The van der Waals surface area contributed by atoms with Crippen LogP contribution in [-0.2, 0) is 15.6 Å². The number of sulfone groups is 1. The number of amides is 1. The molecule has 2 aromatic carbocycles. The van der Waals surface area contributed by atoms with E-state index in [1.807, 2.05) is 30.0 Å². The molecule has 5 nitrogen and oxygen atoms in total. The van der Waals surface area contributed by atoms with Crippen molar-refractivity contribution in [2.45, 2.75) is 43.5 Å². The standard InChI is InChI=1S/C22H28N2O3S/c1-4-23-14-18(3)24(15-17(23)2)22(25)20-11-8-12-21(13-20)28(26,27)16-19-9-6-5-7-10-19/h5-13,17-18H,4,14-16H2,1-3H3/t17-,18-/m1/s1. The van der Waals surface area contributed by atoms with Crippen LogP contribution < -0.4 is 0 Å². The molecule has 1 heterocycles. The van der Waals surface area contributed by atoms with Crippen molar-refractivity contribution < 1.29 is 13.2 Å². The van der Waals surface area contributed by atoms with Gasteiger partial charge in [0.05, 0.1) is 10.6 Å². The third-order valence-corrected chi connectivity index (χ3v) is 7.11. The largest absolute Gasteiger partial charge is 0.333 e. The van der Waals surface area contributed by atoms with E-state index in [0.29, 0.717) is 12.1 Å². The Labute approximate surface area is 167 Å². The van der Waals surface area contributed by atoms with E-state index < -0.39 is 9.84 Å². The zero-order valence-electron chi connectivity index (χ0n) is 16.7. The molecular weight excluding hydrogens is 372 g/mol. The summed E-state index contributed by atoms with van der Waals surface area (Å²) < 4.78 is 25.6. The van der Waals surface area contributed by atoms with E-state index in [9.17, 15) is 13.2 Å². The molecule has 1 aliphatic rings. The first-order valence-corrected chi connectivity index (χ1v) is 11.4. The van der Waals surface area contributed by atoms with Crippen molar-refractivity contribution in [1.29, 1.82) is 0 Å². The van der Waals surface area contributed by atoms with Crippen molar-refractivity contribution in [1.82, 2.24) is 9.80 Å². The highest BCUT2D eigenvalue weighted by molar-refractivity contribution is 7.90. The Hall–Kier alpha value is -2.18. The van der Waals surface area contributed by atoms with E-state index in [-0.39, 0.29) is 28.6 Å². The third-order valence-electron chi connectivity index (χ3n) is 5.42. The highest BCUT2D eigenvalue weighted by Crippen LogP contribution is 2.21. The molecule has 0 bridgehead atoms. The Morgan fingerprint density at radius 1 is 1.00 bits per heavy atom. The quantitative estimate of drug-likeness (QED) is 0.773. The van der Waals surface area contributed by atoms with Gasteiger partial charge < -0.3 is 4.90 Å². The van der Waals surface area contributed by atoms with Gasteiger partial charge in [-0.1, -0.05) is 43.3 Å². The van der Waals surface area contributed by atoms with Crippen molar-refractivity contribution in [2.75, 3.05) is 19.6 Å². The summed E-state index contributed by atoms with van der Waals surface area (Å²) in [6.45, 7) is 8.73. The van der Waals surface area contributed by atoms with Crippen LogP contribution in [0, 0.1) is 0 Å². The summed E-state index contributed by atoms with van der Waals surface area (Å²) in [5.74, 6) is -0.180. The highest BCUT2D eigenvalue weighted by atomic mass is 32.2. The summed E-state index contributed by atoms with van der Waals surface area (Å²) >= 11 is 0. The van der Waals surface area contributed by atoms with Gasteiger partial charge in [-0.05, 0) is 44.2 Å². The van der Waals surface area contributed by atoms with Crippen molar-refractivity contribution in [3.05, 3.63) is 65.7 Å². The fraction of sp³-hybridized carbons (Fsp3) is 0.409. The molecule has 28 heavy (non-hydrogen) atoms. The van der Waals surface area contributed by atoms with Gasteiger partial charge in [0.15, 0.2) is 9.84 Å².